The fourth-order valence-electron chi connectivity index (χ4n) is 2.78. The molecule has 28 heavy (non-hydrogen) atoms. The minimum Gasteiger partial charge on any atom is -0.496 e. The second-order valence-corrected chi connectivity index (χ2v) is 7.60. The third-order valence-corrected chi connectivity index (χ3v) is 5.44. The monoisotopic (exact) mass is 402 g/mol. The van der Waals surface area contributed by atoms with Gasteiger partial charge in [-0.25, -0.2) is 0 Å². The van der Waals surface area contributed by atoms with Gasteiger partial charge >= 0.3 is 5.97 Å². The first-order valence-electron chi connectivity index (χ1n) is 8.31. The summed E-state index contributed by atoms with van der Waals surface area (Å²) in [6, 6.07) is 13.0. The Balaban J connectivity index is 1.64. The van der Waals surface area contributed by atoms with Crippen molar-refractivity contribution in [2.45, 2.75) is 4.90 Å². The molecule has 146 valence electrons. The molecule has 1 aliphatic heterocycles. The topological polar surface area (TPSA) is 102 Å². The Morgan fingerprint density at radius 1 is 1.07 bits per heavy atom. The Hall–Kier alpha value is -3.20. The Morgan fingerprint density at radius 2 is 1.75 bits per heavy atom. The van der Waals surface area contributed by atoms with Gasteiger partial charge in [0.15, 0.2) is 12.4 Å². The minimum atomic E-state index is -3.78. The van der Waals surface area contributed by atoms with Crippen molar-refractivity contribution in [2.75, 3.05) is 27.3 Å². The van der Waals surface area contributed by atoms with Gasteiger partial charge in [0.1, 0.15) is 17.2 Å². The van der Waals surface area contributed by atoms with Crippen molar-refractivity contribution in [3.05, 3.63) is 59.7 Å². The average molecular weight is 402 g/mol. The number of nitrogens with zero attached hydrogens (tertiary/aromatic N) is 2. The van der Waals surface area contributed by atoms with E-state index in [1.165, 1.54) is 25.1 Å². The third kappa shape index (κ3) is 3.89. The number of rotatable bonds is 6. The highest BCUT2D eigenvalue weighted by molar-refractivity contribution is 7.90. The summed E-state index contributed by atoms with van der Waals surface area (Å²) in [5.41, 5.74) is 0.731. The number of methoxy groups -OCH3 is 1. The van der Waals surface area contributed by atoms with Gasteiger partial charge in [0.2, 0.25) is 5.78 Å². The lowest BCUT2D eigenvalue weighted by Gasteiger charge is -2.18. The molecule has 0 saturated heterocycles. The summed E-state index contributed by atoms with van der Waals surface area (Å²) in [7, 11) is -0.806. The summed E-state index contributed by atoms with van der Waals surface area (Å²) in [5.74, 6) is -0.541. The van der Waals surface area contributed by atoms with E-state index in [4.69, 9.17) is 9.47 Å². The molecular formula is C19H18N2O6S. The highest BCUT2D eigenvalue weighted by Gasteiger charge is 2.31. The molecule has 0 amide bonds. The number of hydrogen-bond acceptors (Lipinski definition) is 7. The van der Waals surface area contributed by atoms with Crippen LogP contribution in [0.15, 0.2) is 57.8 Å². The number of fused-ring (bicyclic) bond motifs is 1. The number of esters is 1. The lowest BCUT2D eigenvalue weighted by atomic mass is 10.1. The van der Waals surface area contributed by atoms with E-state index in [9.17, 15) is 18.0 Å². The van der Waals surface area contributed by atoms with E-state index in [2.05, 4.69) is 4.40 Å². The van der Waals surface area contributed by atoms with Gasteiger partial charge < -0.3 is 14.4 Å². The van der Waals surface area contributed by atoms with Crippen molar-refractivity contribution in [3.8, 4) is 5.75 Å². The number of Topliss-reactive ketones (excluding diaryl/α,β-unsaturated/α-hetero) is 1. The van der Waals surface area contributed by atoms with Crippen LogP contribution in [0.1, 0.15) is 15.9 Å². The number of ketones is 1. The van der Waals surface area contributed by atoms with Gasteiger partial charge in [-0.1, -0.05) is 24.3 Å². The number of ether oxygens (including phenoxy) is 2. The third-order valence-electron chi connectivity index (χ3n) is 4.11. The molecule has 0 aliphatic carbocycles. The molecule has 0 spiro atoms. The molecular weight excluding hydrogens is 384 g/mol. The second kappa shape index (κ2) is 7.81. The maximum atomic E-state index is 12.2. The van der Waals surface area contributed by atoms with E-state index in [0.29, 0.717) is 16.9 Å². The summed E-state index contributed by atoms with van der Waals surface area (Å²) >= 11 is 0. The number of amidine groups is 1. The van der Waals surface area contributed by atoms with Crippen LogP contribution in [0.2, 0.25) is 0 Å². The molecule has 0 atom stereocenters. The van der Waals surface area contributed by atoms with Crippen LogP contribution in [-0.2, 0) is 19.6 Å². The number of likely N-dealkylation sites (N-methyl/N-ethyl adjacent to an activating group) is 1. The predicted molar refractivity (Wildman–Crippen MR) is 101 cm³/mol. The van der Waals surface area contributed by atoms with Crippen LogP contribution in [0.25, 0.3) is 0 Å². The zero-order valence-corrected chi connectivity index (χ0v) is 16.1. The summed E-state index contributed by atoms with van der Waals surface area (Å²) in [4.78, 5) is 25.8. The van der Waals surface area contributed by atoms with Crippen molar-refractivity contribution in [1.29, 1.82) is 0 Å². The smallest absolute Gasteiger partial charge is 0.326 e. The number of para-hydroxylation sites is 1. The molecule has 1 aliphatic rings. The minimum absolute atomic E-state index is 0.0940. The normalized spacial score (nSPS) is 14.0. The molecule has 0 bridgehead atoms. The van der Waals surface area contributed by atoms with E-state index in [1.807, 2.05) is 0 Å². The van der Waals surface area contributed by atoms with Crippen molar-refractivity contribution in [2.24, 2.45) is 4.40 Å². The van der Waals surface area contributed by atoms with Crippen molar-refractivity contribution in [3.63, 3.8) is 0 Å². The van der Waals surface area contributed by atoms with E-state index < -0.39 is 28.4 Å². The first kappa shape index (κ1) is 19.6. The van der Waals surface area contributed by atoms with Gasteiger partial charge in [-0.3, -0.25) is 9.59 Å². The van der Waals surface area contributed by atoms with Gasteiger partial charge in [0.25, 0.3) is 10.0 Å². The standard InChI is InChI=1S/C19H18N2O6S/c1-21(19-14-8-4-6-10-17(14)28(24,25)20-19)11-18(23)27-12-15(22)13-7-3-5-9-16(13)26-2/h3-10H,11-12H2,1-2H3. The van der Waals surface area contributed by atoms with Crippen molar-refractivity contribution < 1.29 is 27.5 Å². The molecule has 2 aromatic rings. The molecule has 1 heterocycles. The predicted octanol–water partition coefficient (Wildman–Crippen LogP) is 1.50. The SMILES string of the molecule is COc1ccccc1C(=O)COC(=O)CN(C)C1=NS(=O)(=O)c2ccccc21. The summed E-state index contributed by atoms with van der Waals surface area (Å²) < 4.78 is 38.1. The molecule has 0 aromatic heterocycles. The zero-order chi connectivity index (χ0) is 20.3. The van der Waals surface area contributed by atoms with Crippen LogP contribution < -0.4 is 4.74 Å². The van der Waals surface area contributed by atoms with Crippen LogP contribution in [0.3, 0.4) is 0 Å². The molecule has 0 N–H and O–H groups in total. The van der Waals surface area contributed by atoms with Crippen LogP contribution in [0.5, 0.6) is 5.75 Å². The average Bonchev–Trinajstić information content (AvgIpc) is 2.97. The number of hydrogen-bond donors (Lipinski definition) is 0. The van der Waals surface area contributed by atoms with Gasteiger partial charge in [0.05, 0.1) is 12.7 Å². The van der Waals surface area contributed by atoms with Crippen molar-refractivity contribution >= 4 is 27.6 Å². The molecule has 8 nitrogen and oxygen atoms in total. The second-order valence-electron chi connectivity index (χ2n) is 6.03. The summed E-state index contributed by atoms with van der Waals surface area (Å²) in [6.45, 7) is -0.712. The van der Waals surface area contributed by atoms with Crippen LogP contribution in [0.4, 0.5) is 0 Å². The first-order chi connectivity index (χ1) is 13.3. The molecule has 0 saturated carbocycles. The molecule has 0 unspecified atom stereocenters. The van der Waals surface area contributed by atoms with E-state index in [0.717, 1.165) is 0 Å². The van der Waals surface area contributed by atoms with Gasteiger partial charge in [0, 0.05) is 12.6 Å². The highest BCUT2D eigenvalue weighted by atomic mass is 32.2. The van der Waals surface area contributed by atoms with E-state index in [-0.39, 0.29) is 17.3 Å². The Morgan fingerprint density at radius 3 is 2.50 bits per heavy atom. The maximum absolute atomic E-state index is 12.2. The Bertz CT molecular complexity index is 1060. The lowest BCUT2D eigenvalue weighted by Crippen LogP contribution is -2.33. The first-order valence-corrected chi connectivity index (χ1v) is 9.75. The largest absolute Gasteiger partial charge is 0.496 e. The van der Waals surface area contributed by atoms with Crippen LogP contribution in [-0.4, -0.2) is 58.2 Å². The van der Waals surface area contributed by atoms with Crippen LogP contribution in [0, 0.1) is 0 Å². The molecule has 0 fully saturated rings. The molecule has 2 aromatic carbocycles. The Kier molecular flexibility index (Phi) is 5.46. The molecule has 0 radical (unpaired) electrons. The zero-order valence-electron chi connectivity index (χ0n) is 15.3. The summed E-state index contributed by atoms with van der Waals surface area (Å²) in [6.07, 6.45) is 0. The summed E-state index contributed by atoms with van der Waals surface area (Å²) in [5, 5.41) is 0. The Labute approximate surface area is 162 Å². The number of sulfonamides is 1. The van der Waals surface area contributed by atoms with Gasteiger partial charge in [-0.05, 0) is 24.3 Å². The van der Waals surface area contributed by atoms with E-state index in [1.54, 1.807) is 42.5 Å². The quantitative estimate of drug-likeness (QED) is 0.533. The number of carbonyl (C=O) groups excluding carboxylic acids is 2. The van der Waals surface area contributed by atoms with Gasteiger partial charge in [-0.2, -0.15) is 8.42 Å². The molecule has 9 heteroatoms. The van der Waals surface area contributed by atoms with E-state index >= 15 is 0 Å². The fourth-order valence-corrected chi connectivity index (χ4v) is 4.03. The number of benzene rings is 2. The highest BCUT2D eigenvalue weighted by Crippen LogP contribution is 2.26. The number of carbonyl (C=O) groups is 2. The van der Waals surface area contributed by atoms with Crippen molar-refractivity contribution in [1.82, 2.24) is 4.90 Å². The fraction of sp³-hybridized carbons (Fsp3) is 0.211. The van der Waals surface area contributed by atoms with Gasteiger partial charge in [-0.15, -0.1) is 4.40 Å². The molecule has 3 rings (SSSR count). The van der Waals surface area contributed by atoms with Crippen LogP contribution >= 0.6 is 0 Å². The maximum Gasteiger partial charge on any atom is 0.326 e. The lowest BCUT2D eigenvalue weighted by molar-refractivity contribution is -0.142.